The minimum Gasteiger partial charge on any atom is -0.386 e. The maximum atomic E-state index is 12.2. The summed E-state index contributed by atoms with van der Waals surface area (Å²) < 4.78 is 63.5. The van der Waals surface area contributed by atoms with Gasteiger partial charge in [0.1, 0.15) is 18.3 Å². The van der Waals surface area contributed by atoms with E-state index in [0.29, 0.717) is 4.57 Å². The van der Waals surface area contributed by atoms with Crippen LogP contribution in [0, 0.1) is 0 Å². The maximum Gasteiger partial charge on any atom is 0.477 e. The van der Waals surface area contributed by atoms with Gasteiger partial charge in [-0.25, -0.2) is 23.1 Å². The predicted octanol–water partition coefficient (Wildman–Crippen LogP) is -2.81. The van der Waals surface area contributed by atoms with Crippen LogP contribution in [0.1, 0.15) is 6.23 Å². The molecule has 1 aromatic rings. The van der Waals surface area contributed by atoms with Crippen LogP contribution in [0.25, 0.3) is 0 Å². The molecule has 0 bridgehead atoms. The molecule has 1 saturated heterocycles. The summed E-state index contributed by atoms with van der Waals surface area (Å²) in [6, 6.07) is 0.826. The fourth-order valence-corrected chi connectivity index (χ4v) is 6.55. The van der Waals surface area contributed by atoms with Gasteiger partial charge in [0.05, 0.1) is 6.61 Å². The largest absolute Gasteiger partial charge is 0.477 e. The number of nitrogens with one attached hydrogen (secondary N) is 2. The van der Waals surface area contributed by atoms with Crippen molar-refractivity contribution in [2.75, 3.05) is 6.61 Å². The van der Waals surface area contributed by atoms with Crippen LogP contribution in [0.5, 0.6) is 0 Å². The lowest BCUT2D eigenvalue weighted by Crippen LogP contribution is -2.39. The highest BCUT2D eigenvalue weighted by Crippen LogP contribution is 2.60. The van der Waals surface area contributed by atoms with Gasteiger partial charge in [0.15, 0.2) is 6.23 Å². The summed E-state index contributed by atoms with van der Waals surface area (Å²) in [6.07, 6.45) is -7.00. The summed E-state index contributed by atoms with van der Waals surface area (Å²) >= 11 is 0. The van der Waals surface area contributed by atoms with E-state index in [1.807, 2.05) is 4.98 Å². The second-order valence-corrected chi connectivity index (χ2v) is 12.1. The molecule has 0 aromatic carbocycles. The van der Waals surface area contributed by atoms with Crippen molar-refractivity contribution >= 4 is 31.1 Å². The highest BCUT2D eigenvalue weighted by atomic mass is 31.3. The van der Waals surface area contributed by atoms with Gasteiger partial charge in [0.25, 0.3) is 5.56 Å². The molecule has 1 fully saturated rings. The number of phosphoric acid groups is 2. The molecule has 0 aliphatic carbocycles. The zero-order chi connectivity index (χ0) is 25.4. The minimum atomic E-state index is -5.68. The third-order valence-electron chi connectivity index (χ3n) is 3.58. The van der Waals surface area contributed by atoms with Crippen molar-refractivity contribution < 1.29 is 70.8 Å². The van der Waals surface area contributed by atoms with Crippen LogP contribution in [-0.4, -0.2) is 68.9 Å². The second kappa shape index (κ2) is 10.0. The zero-order valence-corrected chi connectivity index (χ0v) is 19.2. The van der Waals surface area contributed by atoms with Crippen LogP contribution in [-0.2, 0) is 36.4 Å². The highest BCUT2D eigenvalue weighted by Gasteiger charge is 2.50. The van der Waals surface area contributed by atoms with Crippen LogP contribution in [0.4, 0.5) is 0 Å². The predicted molar refractivity (Wildman–Crippen MR) is 100 cm³/mol. The molecule has 0 spiro atoms. The lowest BCUT2D eigenvalue weighted by molar-refractivity contribution is -0.0539. The molecule has 1 aliphatic heterocycles. The van der Waals surface area contributed by atoms with Crippen molar-refractivity contribution in [2.45, 2.75) is 24.5 Å². The number of hydrogen-bond acceptors (Lipinski definition) is 11. The molecule has 0 amide bonds. The topological polar surface area (TPSA) is 314 Å². The maximum absolute atomic E-state index is 12.2. The number of aromatic nitrogens is 2. The van der Waals surface area contributed by atoms with E-state index in [9.17, 15) is 42.7 Å². The van der Waals surface area contributed by atoms with Crippen molar-refractivity contribution in [1.29, 1.82) is 0 Å². The van der Waals surface area contributed by atoms with Crippen LogP contribution in [0.3, 0.4) is 0 Å². The molecule has 0 radical (unpaired) electrons. The summed E-state index contributed by atoms with van der Waals surface area (Å²) in [5.74, 6) is 0. The average molecular weight is 563 g/mol. The van der Waals surface area contributed by atoms with Crippen molar-refractivity contribution in [3.8, 4) is 0 Å². The Hall–Kier alpha value is -0.880. The van der Waals surface area contributed by atoms with Crippen LogP contribution in [0.2, 0.25) is 0 Å². The summed E-state index contributed by atoms with van der Waals surface area (Å²) in [5.41, 5.74) is -1.98. The number of rotatable bonds is 10. The molecular formula is C9H17N3O17P4. The Balaban J connectivity index is 2.33. The molecule has 1 aliphatic rings. The van der Waals surface area contributed by atoms with Gasteiger partial charge in [-0.3, -0.25) is 23.4 Å². The molecule has 24 heteroatoms. The molecule has 0 saturated carbocycles. The summed E-state index contributed by atoms with van der Waals surface area (Å²) in [7, 11) is -22.1. The van der Waals surface area contributed by atoms with E-state index in [0.717, 1.165) is 17.1 Å². The SMILES string of the molecule is O=c1ccn([C@@H]2O[C@H](COP(=O)(O)O)[C@@H](OP(=O)(O)NP(=O)(O)OP(=O)(O)O)[C@H]2O)c(=O)[nH]1. The van der Waals surface area contributed by atoms with Crippen LogP contribution < -0.4 is 16.1 Å². The molecule has 33 heavy (non-hydrogen) atoms. The second-order valence-electron chi connectivity index (χ2n) is 6.14. The molecule has 2 rings (SSSR count). The molecule has 190 valence electrons. The Kier molecular flexibility index (Phi) is 8.60. The van der Waals surface area contributed by atoms with Gasteiger partial charge >= 0.3 is 36.8 Å². The number of aromatic amines is 1. The van der Waals surface area contributed by atoms with Crippen molar-refractivity contribution in [2.24, 2.45) is 0 Å². The van der Waals surface area contributed by atoms with Crippen molar-refractivity contribution in [3.63, 3.8) is 0 Å². The first kappa shape index (κ1) is 28.4. The quantitative estimate of drug-likeness (QED) is 0.130. The smallest absolute Gasteiger partial charge is 0.386 e. The molecule has 20 nitrogen and oxygen atoms in total. The zero-order valence-electron chi connectivity index (χ0n) is 15.6. The normalized spacial score (nSPS) is 27.7. The molecule has 2 unspecified atom stereocenters. The van der Waals surface area contributed by atoms with Crippen molar-refractivity contribution in [3.05, 3.63) is 33.1 Å². The van der Waals surface area contributed by atoms with E-state index in [2.05, 4.69) is 13.4 Å². The average Bonchev–Trinajstić information content (AvgIpc) is 2.85. The first-order chi connectivity index (χ1) is 14.8. The summed E-state index contributed by atoms with van der Waals surface area (Å²) in [4.78, 5) is 79.8. The number of ether oxygens (including phenoxy) is 1. The van der Waals surface area contributed by atoms with Gasteiger partial charge in [-0.15, -0.1) is 4.86 Å². The summed E-state index contributed by atoms with van der Waals surface area (Å²) in [6.45, 7) is -1.11. The standard InChI is InChI=1S/C9H17N3O17P4/c13-5-1-2-12(9(15)10-5)8-6(14)7(4(27-8)3-26-32(20,21)22)28-30(16,17)11-31(18,19)29-33(23,24)25/h1-2,4,6-8,14H,3H2,(H,10,13,15)(H2,20,21,22)(H2,23,24,25)(H3,11,16,17,18,19)/t4-,6-,7-,8-/m1/s1. The first-order valence-corrected chi connectivity index (χ1v) is 14.3. The van der Waals surface area contributed by atoms with Gasteiger partial charge in [-0.05, 0) is 0 Å². The molecule has 6 atom stereocenters. The van der Waals surface area contributed by atoms with E-state index < -0.39 is 73.5 Å². The van der Waals surface area contributed by atoms with Crippen LogP contribution >= 0.6 is 31.1 Å². The Bertz CT molecular complexity index is 1170. The van der Waals surface area contributed by atoms with E-state index in [1.165, 1.54) is 0 Å². The molecular weight excluding hydrogens is 546 g/mol. The monoisotopic (exact) mass is 563 g/mol. The van der Waals surface area contributed by atoms with E-state index in [-0.39, 0.29) is 0 Å². The molecule has 2 heterocycles. The van der Waals surface area contributed by atoms with Gasteiger partial charge in [-0.1, -0.05) is 0 Å². The fourth-order valence-electron chi connectivity index (χ4n) is 2.52. The Morgan fingerprint density at radius 2 is 1.64 bits per heavy atom. The van der Waals surface area contributed by atoms with Gasteiger partial charge < -0.3 is 39.2 Å². The highest BCUT2D eigenvalue weighted by molar-refractivity contribution is 7.70. The first-order valence-electron chi connectivity index (χ1n) is 8.04. The van der Waals surface area contributed by atoms with Gasteiger partial charge in [0, 0.05) is 12.3 Å². The number of aliphatic hydroxyl groups is 1. The van der Waals surface area contributed by atoms with Gasteiger partial charge in [-0.2, -0.15) is 4.31 Å². The number of phosphoric ester groups is 1. The number of aliphatic hydroxyl groups excluding tert-OH is 1. The lowest BCUT2D eigenvalue weighted by atomic mass is 10.1. The molecule has 9 N–H and O–H groups in total. The number of hydrogen-bond donors (Lipinski definition) is 9. The van der Waals surface area contributed by atoms with Crippen molar-refractivity contribution in [1.82, 2.24) is 14.4 Å². The number of H-pyrrole nitrogens is 1. The Morgan fingerprint density at radius 3 is 2.15 bits per heavy atom. The summed E-state index contributed by atoms with van der Waals surface area (Å²) in [5, 5.41) is 10.4. The number of nitrogens with zero attached hydrogens (tertiary/aromatic N) is 1. The van der Waals surface area contributed by atoms with Crippen LogP contribution in [0.15, 0.2) is 21.9 Å². The van der Waals surface area contributed by atoms with Gasteiger partial charge in [0.2, 0.25) is 0 Å². The fraction of sp³-hybridized carbons (Fsp3) is 0.556. The lowest BCUT2D eigenvalue weighted by Gasteiger charge is -2.24. The molecule has 1 aromatic heterocycles. The Labute approximate surface area is 181 Å². The minimum absolute atomic E-state index is 0.573. The van der Waals surface area contributed by atoms with E-state index >= 15 is 0 Å². The Morgan fingerprint density at radius 1 is 1.03 bits per heavy atom. The van der Waals surface area contributed by atoms with E-state index in [1.54, 1.807) is 0 Å². The third-order valence-corrected chi connectivity index (χ3v) is 8.35. The van der Waals surface area contributed by atoms with E-state index in [4.69, 9.17) is 24.3 Å². The third kappa shape index (κ3) is 8.69.